The number of aromatic nitrogens is 1. The molecule has 1 N–H and O–H groups in total. The fourth-order valence-electron chi connectivity index (χ4n) is 2.79. The molecule has 0 saturated carbocycles. The third kappa shape index (κ3) is 4.36. The molecule has 2 heterocycles. The molecule has 1 aliphatic heterocycles. The van der Waals surface area contributed by atoms with E-state index in [0.717, 1.165) is 33.4 Å². The fourth-order valence-corrected chi connectivity index (χ4v) is 3.63. The molecule has 7 heteroatoms. The standard InChI is InChI=1S/C21H23N3O3S/c1-13(2)23-8-7-16(11-23)10-18-20(26)24(21(27)28-18)12-19(25)22-17-6-5-14(3)15(4)9-17/h5-11,13H,12H2,1-4H3,(H,22,25)/b18-10+. The van der Waals surface area contributed by atoms with Gasteiger partial charge in [-0.25, -0.2) is 0 Å². The number of nitrogens with zero attached hydrogens (tertiary/aromatic N) is 2. The van der Waals surface area contributed by atoms with Crippen molar-refractivity contribution in [3.8, 4) is 0 Å². The summed E-state index contributed by atoms with van der Waals surface area (Å²) in [4.78, 5) is 38.4. The van der Waals surface area contributed by atoms with E-state index >= 15 is 0 Å². The number of thioether (sulfide) groups is 1. The van der Waals surface area contributed by atoms with Gasteiger partial charge >= 0.3 is 0 Å². The van der Waals surface area contributed by atoms with Crippen LogP contribution in [0.2, 0.25) is 0 Å². The smallest absolute Gasteiger partial charge is 0.294 e. The Balaban J connectivity index is 1.68. The van der Waals surface area contributed by atoms with Crippen molar-refractivity contribution in [2.45, 2.75) is 33.7 Å². The van der Waals surface area contributed by atoms with Gasteiger partial charge in [0.15, 0.2) is 0 Å². The summed E-state index contributed by atoms with van der Waals surface area (Å²) in [5, 5.41) is 2.31. The number of anilines is 1. The van der Waals surface area contributed by atoms with Gasteiger partial charge in [0.05, 0.1) is 4.91 Å². The van der Waals surface area contributed by atoms with Crippen molar-refractivity contribution in [2.75, 3.05) is 11.9 Å². The quantitative estimate of drug-likeness (QED) is 0.761. The lowest BCUT2D eigenvalue weighted by Crippen LogP contribution is -2.36. The lowest BCUT2D eigenvalue weighted by molar-refractivity contribution is -0.127. The van der Waals surface area contributed by atoms with Crippen molar-refractivity contribution in [2.24, 2.45) is 0 Å². The van der Waals surface area contributed by atoms with E-state index in [-0.39, 0.29) is 6.54 Å². The van der Waals surface area contributed by atoms with Crippen molar-refractivity contribution in [3.63, 3.8) is 0 Å². The molecule has 3 rings (SSSR count). The first-order valence-corrected chi connectivity index (χ1v) is 9.86. The van der Waals surface area contributed by atoms with E-state index in [2.05, 4.69) is 19.2 Å². The van der Waals surface area contributed by atoms with E-state index in [4.69, 9.17) is 0 Å². The van der Waals surface area contributed by atoms with E-state index in [9.17, 15) is 14.4 Å². The second-order valence-corrected chi connectivity index (χ2v) is 8.09. The number of rotatable bonds is 5. The van der Waals surface area contributed by atoms with Crippen LogP contribution in [-0.2, 0) is 9.59 Å². The molecule has 1 aliphatic rings. The van der Waals surface area contributed by atoms with Crippen LogP contribution in [0.1, 0.15) is 36.6 Å². The number of benzene rings is 1. The molecule has 0 bridgehead atoms. The molecule has 2 aromatic rings. The van der Waals surface area contributed by atoms with Gasteiger partial charge in [0.1, 0.15) is 6.54 Å². The molecule has 0 aliphatic carbocycles. The number of amides is 3. The Labute approximate surface area is 168 Å². The Hall–Kier alpha value is -2.80. The summed E-state index contributed by atoms with van der Waals surface area (Å²) in [5.74, 6) is -0.847. The third-order valence-electron chi connectivity index (χ3n) is 4.60. The van der Waals surface area contributed by atoms with Crippen LogP contribution in [-0.4, -0.2) is 33.1 Å². The molecule has 1 saturated heterocycles. The van der Waals surface area contributed by atoms with E-state index in [0.29, 0.717) is 16.6 Å². The summed E-state index contributed by atoms with van der Waals surface area (Å²) >= 11 is 0.856. The van der Waals surface area contributed by atoms with Crippen LogP contribution in [0.25, 0.3) is 6.08 Å². The number of hydrogen-bond acceptors (Lipinski definition) is 4. The van der Waals surface area contributed by atoms with Crippen LogP contribution in [0.15, 0.2) is 41.6 Å². The Morgan fingerprint density at radius 3 is 2.57 bits per heavy atom. The number of carbonyl (C=O) groups is 3. The van der Waals surface area contributed by atoms with Crippen LogP contribution in [0, 0.1) is 13.8 Å². The summed E-state index contributed by atoms with van der Waals surface area (Å²) in [7, 11) is 0. The van der Waals surface area contributed by atoms with E-state index in [1.807, 2.05) is 49.0 Å². The number of imide groups is 1. The molecule has 1 fully saturated rings. The molecule has 0 atom stereocenters. The molecule has 3 amide bonds. The zero-order valence-corrected chi connectivity index (χ0v) is 17.2. The first kappa shape index (κ1) is 19.9. The van der Waals surface area contributed by atoms with Crippen LogP contribution in [0.3, 0.4) is 0 Å². The molecule has 146 valence electrons. The molecule has 1 aromatic carbocycles. The van der Waals surface area contributed by atoms with Crippen molar-refractivity contribution < 1.29 is 14.4 Å². The number of aryl methyl sites for hydroxylation is 2. The zero-order valence-electron chi connectivity index (χ0n) is 16.4. The number of nitrogens with one attached hydrogen (secondary N) is 1. The average Bonchev–Trinajstić information content (AvgIpc) is 3.19. The molecule has 0 spiro atoms. The van der Waals surface area contributed by atoms with Crippen LogP contribution >= 0.6 is 11.8 Å². The van der Waals surface area contributed by atoms with Crippen molar-refractivity contribution in [3.05, 3.63) is 58.3 Å². The SMILES string of the molecule is Cc1ccc(NC(=O)CN2C(=O)S/C(=C/c3ccn(C(C)C)c3)C2=O)cc1C. The van der Waals surface area contributed by atoms with E-state index < -0.39 is 17.1 Å². The van der Waals surface area contributed by atoms with Gasteiger partial charge in [-0.15, -0.1) is 0 Å². The maximum absolute atomic E-state index is 12.6. The van der Waals surface area contributed by atoms with Gasteiger partial charge in [-0.3, -0.25) is 19.3 Å². The highest BCUT2D eigenvalue weighted by molar-refractivity contribution is 8.18. The number of hydrogen-bond donors (Lipinski definition) is 1. The molecule has 28 heavy (non-hydrogen) atoms. The average molecular weight is 398 g/mol. The lowest BCUT2D eigenvalue weighted by atomic mass is 10.1. The second-order valence-electron chi connectivity index (χ2n) is 7.10. The maximum atomic E-state index is 12.6. The van der Waals surface area contributed by atoms with Crippen molar-refractivity contribution >= 4 is 40.6 Å². The van der Waals surface area contributed by atoms with Gasteiger partial charge in [-0.1, -0.05) is 6.07 Å². The third-order valence-corrected chi connectivity index (χ3v) is 5.50. The fraction of sp³-hybridized carbons (Fsp3) is 0.286. The Bertz CT molecular complexity index is 975. The summed E-state index contributed by atoms with van der Waals surface area (Å²) in [6.07, 6.45) is 5.54. The first-order valence-electron chi connectivity index (χ1n) is 9.04. The van der Waals surface area contributed by atoms with Crippen LogP contribution in [0.4, 0.5) is 10.5 Å². The summed E-state index contributed by atoms with van der Waals surface area (Å²) in [6, 6.07) is 7.77. The monoisotopic (exact) mass is 397 g/mol. The number of carbonyl (C=O) groups excluding carboxylic acids is 3. The van der Waals surface area contributed by atoms with Gasteiger partial charge < -0.3 is 9.88 Å². The van der Waals surface area contributed by atoms with Crippen molar-refractivity contribution in [1.82, 2.24) is 9.47 Å². The highest BCUT2D eigenvalue weighted by Gasteiger charge is 2.36. The minimum absolute atomic E-state index is 0.304. The molecule has 1 aromatic heterocycles. The minimum atomic E-state index is -0.442. The predicted molar refractivity (Wildman–Crippen MR) is 112 cm³/mol. The summed E-state index contributed by atoms with van der Waals surface area (Å²) in [6.45, 7) is 7.77. The Morgan fingerprint density at radius 2 is 1.93 bits per heavy atom. The van der Waals surface area contributed by atoms with Crippen LogP contribution < -0.4 is 5.32 Å². The molecule has 0 radical (unpaired) electrons. The highest BCUT2D eigenvalue weighted by Crippen LogP contribution is 2.32. The zero-order chi connectivity index (χ0) is 20.4. The molecule has 0 unspecified atom stereocenters. The first-order chi connectivity index (χ1) is 13.2. The Kier molecular flexibility index (Phi) is 5.74. The van der Waals surface area contributed by atoms with Gasteiger partial charge in [-0.2, -0.15) is 0 Å². The molecular weight excluding hydrogens is 374 g/mol. The van der Waals surface area contributed by atoms with Gasteiger partial charge in [-0.05, 0) is 80.4 Å². The Morgan fingerprint density at radius 1 is 1.18 bits per heavy atom. The lowest BCUT2D eigenvalue weighted by Gasteiger charge is -2.13. The highest BCUT2D eigenvalue weighted by atomic mass is 32.2. The van der Waals surface area contributed by atoms with E-state index in [1.54, 1.807) is 12.1 Å². The van der Waals surface area contributed by atoms with Gasteiger partial charge in [0.2, 0.25) is 5.91 Å². The second kappa shape index (κ2) is 8.06. The van der Waals surface area contributed by atoms with Crippen molar-refractivity contribution in [1.29, 1.82) is 0 Å². The van der Waals surface area contributed by atoms with E-state index in [1.165, 1.54) is 0 Å². The maximum Gasteiger partial charge on any atom is 0.294 e. The minimum Gasteiger partial charge on any atom is -0.351 e. The summed E-state index contributed by atoms with van der Waals surface area (Å²) < 4.78 is 2.02. The largest absolute Gasteiger partial charge is 0.351 e. The van der Waals surface area contributed by atoms with Crippen LogP contribution in [0.5, 0.6) is 0 Å². The van der Waals surface area contributed by atoms with Gasteiger partial charge in [0, 0.05) is 24.1 Å². The molecule has 6 nitrogen and oxygen atoms in total. The van der Waals surface area contributed by atoms with Gasteiger partial charge in [0.25, 0.3) is 11.1 Å². The summed E-state index contributed by atoms with van der Waals surface area (Å²) in [5.41, 5.74) is 3.67. The molecular formula is C21H23N3O3S. The normalized spacial score (nSPS) is 15.8. The topological polar surface area (TPSA) is 71.4 Å². The predicted octanol–water partition coefficient (Wildman–Crippen LogP) is 4.36.